The van der Waals surface area contributed by atoms with Crippen LogP contribution < -0.4 is 4.31 Å². The van der Waals surface area contributed by atoms with E-state index >= 15 is 0 Å². The molecule has 0 bridgehead atoms. The van der Waals surface area contributed by atoms with Crippen molar-refractivity contribution in [2.24, 2.45) is 0 Å². The van der Waals surface area contributed by atoms with Gasteiger partial charge in [0.25, 0.3) is 10.0 Å². The minimum absolute atomic E-state index is 0.00214. The fourth-order valence-corrected chi connectivity index (χ4v) is 4.05. The van der Waals surface area contributed by atoms with E-state index in [1.54, 1.807) is 30.3 Å². The summed E-state index contributed by atoms with van der Waals surface area (Å²) in [5.74, 6) is -0.891. The van der Waals surface area contributed by atoms with Crippen LogP contribution >= 0.6 is 23.2 Å². The molecule has 0 saturated carbocycles. The number of nitriles is 1. The summed E-state index contributed by atoms with van der Waals surface area (Å²) in [4.78, 5) is 12.1. The Morgan fingerprint density at radius 3 is 2.50 bits per heavy atom. The maximum Gasteiger partial charge on any atom is 0.340 e. The predicted octanol–water partition coefficient (Wildman–Crippen LogP) is 4.44. The molecule has 6 nitrogen and oxygen atoms in total. The smallest absolute Gasteiger partial charge is 0.340 e. The number of rotatable bonds is 7. The highest BCUT2D eigenvalue weighted by atomic mass is 35.5. The summed E-state index contributed by atoms with van der Waals surface area (Å²) in [7, 11) is -4.05. The molecule has 0 heterocycles. The Hall–Kier alpha value is -2.53. The standard InChI is InChI=1S/C19H16Cl2N2O4S/c1-3-10-23(15-6-4-14(20)5-7-15)28(25,26)16-8-9-18(21)17(11-16)19(24)27-13(2)12-22/h3-9,11,13H,1,10H2,2H3/t13-/m0/s1. The van der Waals surface area contributed by atoms with Gasteiger partial charge in [-0.05, 0) is 49.4 Å². The number of halogens is 2. The van der Waals surface area contributed by atoms with Crippen LogP contribution in [0.5, 0.6) is 0 Å². The second kappa shape index (κ2) is 9.11. The molecule has 28 heavy (non-hydrogen) atoms. The van der Waals surface area contributed by atoms with Crippen LogP contribution in [0.1, 0.15) is 17.3 Å². The Labute approximate surface area is 173 Å². The zero-order chi connectivity index (χ0) is 20.9. The Morgan fingerprint density at radius 2 is 1.93 bits per heavy atom. The van der Waals surface area contributed by atoms with Crippen molar-refractivity contribution >= 4 is 44.9 Å². The molecule has 0 unspecified atom stereocenters. The lowest BCUT2D eigenvalue weighted by molar-refractivity contribution is 0.0435. The zero-order valence-electron chi connectivity index (χ0n) is 14.8. The largest absolute Gasteiger partial charge is 0.444 e. The van der Waals surface area contributed by atoms with Gasteiger partial charge in [0.2, 0.25) is 0 Å². The van der Waals surface area contributed by atoms with Crippen LogP contribution in [0.3, 0.4) is 0 Å². The number of benzene rings is 2. The van der Waals surface area contributed by atoms with Crippen LogP contribution in [-0.4, -0.2) is 27.0 Å². The number of sulfonamides is 1. The molecule has 0 saturated heterocycles. The van der Waals surface area contributed by atoms with Gasteiger partial charge in [-0.3, -0.25) is 4.31 Å². The number of hydrogen-bond donors (Lipinski definition) is 0. The van der Waals surface area contributed by atoms with Crippen molar-refractivity contribution in [1.29, 1.82) is 5.26 Å². The second-order valence-electron chi connectivity index (χ2n) is 5.62. The fourth-order valence-electron chi connectivity index (χ4n) is 2.27. The molecule has 0 radical (unpaired) electrons. The summed E-state index contributed by atoms with van der Waals surface area (Å²) in [6.07, 6.45) is 0.432. The van der Waals surface area contributed by atoms with Crippen LogP contribution in [0.4, 0.5) is 5.69 Å². The molecule has 2 aromatic rings. The van der Waals surface area contributed by atoms with E-state index in [4.69, 9.17) is 33.2 Å². The minimum atomic E-state index is -4.05. The van der Waals surface area contributed by atoms with E-state index in [9.17, 15) is 13.2 Å². The van der Waals surface area contributed by atoms with Gasteiger partial charge in [0.05, 0.1) is 27.7 Å². The van der Waals surface area contributed by atoms with Crippen LogP contribution in [-0.2, 0) is 14.8 Å². The van der Waals surface area contributed by atoms with Crippen LogP contribution in [0.2, 0.25) is 10.0 Å². The van der Waals surface area contributed by atoms with Crippen LogP contribution in [0.25, 0.3) is 0 Å². The third-order valence-electron chi connectivity index (χ3n) is 3.62. The third kappa shape index (κ3) is 4.84. The topological polar surface area (TPSA) is 87.5 Å². The number of hydrogen-bond acceptors (Lipinski definition) is 5. The summed E-state index contributed by atoms with van der Waals surface area (Å²) >= 11 is 11.9. The van der Waals surface area contributed by atoms with Crippen molar-refractivity contribution < 1.29 is 17.9 Å². The molecule has 0 aliphatic carbocycles. The lowest BCUT2D eigenvalue weighted by Crippen LogP contribution is -2.31. The van der Waals surface area contributed by atoms with E-state index in [2.05, 4.69) is 6.58 Å². The van der Waals surface area contributed by atoms with Crippen molar-refractivity contribution in [3.8, 4) is 6.07 Å². The van der Waals surface area contributed by atoms with E-state index in [0.29, 0.717) is 10.7 Å². The maximum atomic E-state index is 13.2. The highest BCUT2D eigenvalue weighted by Crippen LogP contribution is 2.28. The molecule has 0 aromatic heterocycles. The SMILES string of the molecule is C=CCN(c1ccc(Cl)cc1)S(=O)(=O)c1ccc(Cl)c(C(=O)O[C@@H](C)C#N)c1. The van der Waals surface area contributed by atoms with E-state index < -0.39 is 22.1 Å². The van der Waals surface area contributed by atoms with Crippen molar-refractivity contribution in [3.05, 3.63) is 70.7 Å². The minimum Gasteiger partial charge on any atom is -0.444 e. The van der Waals surface area contributed by atoms with Gasteiger partial charge in [0.15, 0.2) is 6.10 Å². The second-order valence-corrected chi connectivity index (χ2v) is 8.33. The van der Waals surface area contributed by atoms with Crippen molar-refractivity contribution in [2.75, 3.05) is 10.8 Å². The summed E-state index contributed by atoms with van der Waals surface area (Å²) in [5.41, 5.74) is 0.223. The predicted molar refractivity (Wildman–Crippen MR) is 108 cm³/mol. The third-order valence-corrected chi connectivity index (χ3v) is 5.99. The average molecular weight is 439 g/mol. The Morgan fingerprint density at radius 1 is 1.29 bits per heavy atom. The van der Waals surface area contributed by atoms with Crippen molar-refractivity contribution in [3.63, 3.8) is 0 Å². The van der Waals surface area contributed by atoms with Gasteiger partial charge < -0.3 is 4.74 Å². The fraction of sp³-hybridized carbons (Fsp3) is 0.158. The Bertz CT molecular complexity index is 1030. The van der Waals surface area contributed by atoms with Gasteiger partial charge in [0, 0.05) is 5.02 Å². The average Bonchev–Trinajstić information content (AvgIpc) is 2.66. The molecule has 0 fully saturated rings. The van der Waals surface area contributed by atoms with E-state index in [1.165, 1.54) is 25.1 Å². The van der Waals surface area contributed by atoms with Gasteiger partial charge in [-0.2, -0.15) is 5.26 Å². The number of carbonyl (C=O) groups excluding carboxylic acids is 1. The van der Waals surface area contributed by atoms with Crippen molar-refractivity contribution in [2.45, 2.75) is 17.9 Å². The molecule has 0 spiro atoms. The molecule has 0 aliphatic rings. The summed E-state index contributed by atoms with van der Waals surface area (Å²) in [6.45, 7) is 4.98. The zero-order valence-corrected chi connectivity index (χ0v) is 17.1. The van der Waals surface area contributed by atoms with Gasteiger partial charge >= 0.3 is 5.97 Å². The number of anilines is 1. The van der Waals surface area contributed by atoms with Crippen LogP contribution in [0, 0.1) is 11.3 Å². The van der Waals surface area contributed by atoms with Gasteiger partial charge in [-0.25, -0.2) is 13.2 Å². The first-order chi connectivity index (χ1) is 13.2. The molecular formula is C19H16Cl2N2O4S. The highest BCUT2D eigenvalue weighted by Gasteiger charge is 2.26. The summed E-state index contributed by atoms with van der Waals surface area (Å²) < 4.78 is 32.4. The molecule has 0 amide bonds. The number of carbonyl (C=O) groups is 1. The normalized spacial score (nSPS) is 11.9. The Balaban J connectivity index is 2.50. The van der Waals surface area contributed by atoms with Crippen molar-refractivity contribution in [1.82, 2.24) is 0 Å². The van der Waals surface area contributed by atoms with Crippen LogP contribution in [0.15, 0.2) is 60.0 Å². The number of nitrogens with zero attached hydrogens (tertiary/aromatic N) is 2. The number of esters is 1. The molecule has 9 heteroatoms. The monoisotopic (exact) mass is 438 g/mol. The van der Waals surface area contributed by atoms with Gasteiger partial charge in [-0.15, -0.1) is 6.58 Å². The summed E-state index contributed by atoms with van der Waals surface area (Å²) in [6, 6.07) is 11.7. The summed E-state index contributed by atoms with van der Waals surface area (Å²) in [5, 5.41) is 9.25. The molecule has 0 N–H and O–H groups in total. The lowest BCUT2D eigenvalue weighted by Gasteiger charge is -2.23. The lowest BCUT2D eigenvalue weighted by atomic mass is 10.2. The van der Waals surface area contributed by atoms with E-state index in [1.807, 2.05) is 0 Å². The van der Waals surface area contributed by atoms with E-state index in [0.717, 1.165) is 10.4 Å². The molecule has 2 rings (SSSR count). The molecule has 1 atom stereocenters. The Kier molecular flexibility index (Phi) is 7.08. The first-order valence-electron chi connectivity index (χ1n) is 8.00. The molecule has 0 aliphatic heterocycles. The first-order valence-corrected chi connectivity index (χ1v) is 10.2. The molecular weight excluding hydrogens is 423 g/mol. The quantitative estimate of drug-likeness (QED) is 0.470. The van der Waals surface area contributed by atoms with Gasteiger partial charge in [0.1, 0.15) is 6.07 Å². The number of ether oxygens (including phenoxy) is 1. The first kappa shape index (κ1) is 21.8. The van der Waals surface area contributed by atoms with Gasteiger partial charge in [-0.1, -0.05) is 29.3 Å². The molecule has 2 aromatic carbocycles. The molecule has 146 valence electrons. The maximum absolute atomic E-state index is 13.2. The van der Waals surface area contributed by atoms with E-state index in [-0.39, 0.29) is 22.0 Å². The highest BCUT2D eigenvalue weighted by molar-refractivity contribution is 7.92.